The van der Waals surface area contributed by atoms with Gasteiger partial charge in [-0.1, -0.05) is 6.07 Å². The molecule has 60 valence electrons. The molecule has 0 amide bonds. The van der Waals surface area contributed by atoms with E-state index in [-0.39, 0.29) is 0 Å². The van der Waals surface area contributed by atoms with E-state index < -0.39 is 8.48 Å². The maximum atomic E-state index is 9.46. The van der Waals surface area contributed by atoms with E-state index in [4.69, 9.17) is 0 Å². The van der Waals surface area contributed by atoms with Gasteiger partial charge in [0.1, 0.15) is 5.82 Å². The summed E-state index contributed by atoms with van der Waals surface area (Å²) < 4.78 is 0. The molecule has 11 heavy (non-hydrogen) atoms. The van der Waals surface area contributed by atoms with Crippen LogP contribution in [-0.2, 0) is 0 Å². The average molecular weight is 168 g/mol. The maximum absolute atomic E-state index is 9.46. The summed E-state index contributed by atoms with van der Waals surface area (Å²) in [6.45, 7) is 3.61. The van der Waals surface area contributed by atoms with Crippen molar-refractivity contribution in [3.05, 3.63) is 24.4 Å². The SMILES string of the molecule is C[Si](C)(O)Nc1ccccn1. The van der Waals surface area contributed by atoms with Crippen LogP contribution in [0, 0.1) is 0 Å². The molecule has 0 aromatic carbocycles. The van der Waals surface area contributed by atoms with Crippen molar-refractivity contribution in [2.75, 3.05) is 4.98 Å². The zero-order valence-corrected chi connectivity index (χ0v) is 7.70. The largest absolute Gasteiger partial charge is 0.415 e. The summed E-state index contributed by atoms with van der Waals surface area (Å²) in [4.78, 5) is 16.5. The van der Waals surface area contributed by atoms with E-state index >= 15 is 0 Å². The average Bonchev–Trinajstić information content (AvgIpc) is 1.85. The van der Waals surface area contributed by atoms with E-state index in [2.05, 4.69) is 9.97 Å². The minimum Gasteiger partial charge on any atom is -0.415 e. The molecule has 0 spiro atoms. The van der Waals surface area contributed by atoms with Crippen LogP contribution >= 0.6 is 0 Å². The Hall–Kier alpha value is -0.873. The van der Waals surface area contributed by atoms with Crippen LogP contribution in [-0.4, -0.2) is 18.3 Å². The van der Waals surface area contributed by atoms with Crippen LogP contribution in [0.1, 0.15) is 0 Å². The molecule has 0 fully saturated rings. The molecule has 0 unspecified atom stereocenters. The molecule has 0 aliphatic rings. The van der Waals surface area contributed by atoms with Crippen LogP contribution in [0.3, 0.4) is 0 Å². The first kappa shape index (κ1) is 8.23. The molecule has 4 heteroatoms. The summed E-state index contributed by atoms with van der Waals surface area (Å²) in [5, 5.41) is 0. The molecule has 0 aliphatic carbocycles. The Kier molecular flexibility index (Phi) is 2.26. The van der Waals surface area contributed by atoms with Crippen LogP contribution in [0.15, 0.2) is 24.4 Å². The fraction of sp³-hybridized carbons (Fsp3) is 0.286. The highest BCUT2D eigenvalue weighted by atomic mass is 28.4. The number of rotatable bonds is 2. The normalized spacial score (nSPS) is 11.2. The summed E-state index contributed by atoms with van der Waals surface area (Å²) >= 11 is 0. The Morgan fingerprint density at radius 2 is 2.18 bits per heavy atom. The molecule has 0 bridgehead atoms. The predicted molar refractivity (Wildman–Crippen MR) is 47.6 cm³/mol. The van der Waals surface area contributed by atoms with Gasteiger partial charge in [-0.05, 0) is 25.2 Å². The third kappa shape index (κ3) is 3.15. The zero-order valence-electron chi connectivity index (χ0n) is 6.70. The van der Waals surface area contributed by atoms with Gasteiger partial charge in [0.05, 0.1) is 0 Å². The number of hydrogen-bond donors (Lipinski definition) is 2. The lowest BCUT2D eigenvalue weighted by atomic mass is 10.5. The second kappa shape index (κ2) is 3.02. The molecule has 1 aromatic heterocycles. The van der Waals surface area contributed by atoms with Crippen molar-refractivity contribution in [2.45, 2.75) is 13.1 Å². The zero-order chi connectivity index (χ0) is 8.32. The van der Waals surface area contributed by atoms with E-state index in [0.29, 0.717) is 0 Å². The van der Waals surface area contributed by atoms with Crippen LogP contribution in [0.5, 0.6) is 0 Å². The van der Waals surface area contributed by atoms with E-state index in [1.807, 2.05) is 31.3 Å². The van der Waals surface area contributed by atoms with Crippen molar-refractivity contribution in [3.8, 4) is 0 Å². The van der Waals surface area contributed by atoms with E-state index in [9.17, 15) is 4.80 Å². The van der Waals surface area contributed by atoms with Gasteiger partial charge in [0, 0.05) is 6.20 Å². The molecule has 0 atom stereocenters. The molecule has 1 rings (SSSR count). The van der Waals surface area contributed by atoms with Crippen molar-refractivity contribution in [3.63, 3.8) is 0 Å². The molecule has 2 N–H and O–H groups in total. The topological polar surface area (TPSA) is 45.1 Å². The molecule has 3 nitrogen and oxygen atoms in total. The van der Waals surface area contributed by atoms with Crippen molar-refractivity contribution in [2.24, 2.45) is 0 Å². The Morgan fingerprint density at radius 1 is 1.45 bits per heavy atom. The minimum absolute atomic E-state index is 0.742. The van der Waals surface area contributed by atoms with E-state index in [0.717, 1.165) is 5.82 Å². The van der Waals surface area contributed by atoms with Gasteiger partial charge in [0.2, 0.25) is 0 Å². The molecule has 0 saturated heterocycles. The molecule has 0 saturated carbocycles. The van der Waals surface area contributed by atoms with Crippen molar-refractivity contribution < 1.29 is 4.80 Å². The fourth-order valence-corrected chi connectivity index (χ4v) is 1.52. The number of hydrogen-bond acceptors (Lipinski definition) is 3. The Morgan fingerprint density at radius 3 is 2.64 bits per heavy atom. The Balaban J connectivity index is 2.66. The molecular weight excluding hydrogens is 156 g/mol. The summed E-state index contributed by atoms with van der Waals surface area (Å²) in [5.74, 6) is 0.742. The number of nitrogens with zero attached hydrogens (tertiary/aromatic N) is 1. The lowest BCUT2D eigenvalue weighted by Gasteiger charge is -2.15. The minimum atomic E-state index is -2.21. The Labute approximate surface area is 67.3 Å². The van der Waals surface area contributed by atoms with Crippen molar-refractivity contribution in [1.29, 1.82) is 0 Å². The highest BCUT2D eigenvalue weighted by Crippen LogP contribution is 2.04. The predicted octanol–water partition coefficient (Wildman–Crippen LogP) is 1.19. The number of anilines is 1. The highest BCUT2D eigenvalue weighted by Gasteiger charge is 2.16. The summed E-state index contributed by atoms with van der Waals surface area (Å²) in [5.41, 5.74) is 0. The molecule has 0 aliphatic heterocycles. The lowest BCUT2D eigenvalue weighted by Crippen LogP contribution is -2.36. The Bertz CT molecular complexity index is 220. The smallest absolute Gasteiger partial charge is 0.290 e. The van der Waals surface area contributed by atoms with Gasteiger partial charge in [-0.15, -0.1) is 0 Å². The third-order valence-corrected chi connectivity index (χ3v) is 1.97. The monoisotopic (exact) mass is 168 g/mol. The van der Waals surface area contributed by atoms with Crippen molar-refractivity contribution >= 4 is 14.3 Å². The maximum Gasteiger partial charge on any atom is 0.290 e. The van der Waals surface area contributed by atoms with E-state index in [1.165, 1.54) is 0 Å². The summed E-state index contributed by atoms with van der Waals surface area (Å²) in [6.07, 6.45) is 1.70. The van der Waals surface area contributed by atoms with Gasteiger partial charge in [-0.2, -0.15) is 0 Å². The van der Waals surface area contributed by atoms with Crippen LogP contribution < -0.4 is 4.98 Å². The molecule has 1 aromatic rings. The van der Waals surface area contributed by atoms with Crippen LogP contribution in [0.4, 0.5) is 5.82 Å². The quantitative estimate of drug-likeness (QED) is 0.652. The van der Waals surface area contributed by atoms with Crippen molar-refractivity contribution in [1.82, 2.24) is 4.98 Å². The summed E-state index contributed by atoms with van der Waals surface area (Å²) in [6, 6.07) is 5.57. The van der Waals surface area contributed by atoms with Gasteiger partial charge in [-0.25, -0.2) is 4.98 Å². The van der Waals surface area contributed by atoms with Gasteiger partial charge in [0.25, 0.3) is 8.48 Å². The second-order valence-electron chi connectivity index (χ2n) is 2.90. The molecule has 1 heterocycles. The first-order valence-corrected chi connectivity index (χ1v) is 6.44. The number of aromatic nitrogens is 1. The first-order valence-electron chi connectivity index (χ1n) is 3.49. The van der Waals surface area contributed by atoms with Crippen LogP contribution in [0.25, 0.3) is 0 Å². The highest BCUT2D eigenvalue weighted by molar-refractivity contribution is 6.73. The van der Waals surface area contributed by atoms with E-state index in [1.54, 1.807) is 6.20 Å². The molecule has 0 radical (unpaired) electrons. The van der Waals surface area contributed by atoms with Gasteiger partial charge in [0.15, 0.2) is 0 Å². The standard InChI is InChI=1S/C7H12N2OSi/c1-11(2,10)9-7-5-3-4-6-8-7/h3-6,10H,1-2H3,(H,8,9). The third-order valence-electron chi connectivity index (χ3n) is 1.10. The number of pyridine rings is 1. The van der Waals surface area contributed by atoms with Crippen LogP contribution in [0.2, 0.25) is 13.1 Å². The van der Waals surface area contributed by atoms with Gasteiger partial charge in [-0.3, -0.25) is 0 Å². The first-order chi connectivity index (χ1) is 5.08. The lowest BCUT2D eigenvalue weighted by molar-refractivity contribution is 0.560. The second-order valence-corrected chi connectivity index (χ2v) is 6.27. The number of nitrogens with one attached hydrogen (secondary N) is 1. The van der Waals surface area contributed by atoms with Gasteiger partial charge < -0.3 is 9.78 Å². The fourth-order valence-electron chi connectivity index (χ4n) is 0.750. The molecular formula is C7H12N2OSi. The van der Waals surface area contributed by atoms with Gasteiger partial charge >= 0.3 is 0 Å². The summed E-state index contributed by atoms with van der Waals surface area (Å²) in [7, 11) is -2.21.